The SMILES string of the molecule is CCOC(=O)C(C#N)=Cc1cn(-c2ccccc2)nc1-c1ccc(C)cc1. The smallest absolute Gasteiger partial charge is 0.348 e. The van der Waals surface area contributed by atoms with E-state index in [2.05, 4.69) is 5.10 Å². The number of aromatic nitrogens is 2. The van der Waals surface area contributed by atoms with Crippen molar-refractivity contribution >= 4 is 12.0 Å². The summed E-state index contributed by atoms with van der Waals surface area (Å²) < 4.78 is 6.70. The molecule has 134 valence electrons. The van der Waals surface area contributed by atoms with Crippen molar-refractivity contribution in [1.82, 2.24) is 9.78 Å². The molecule has 1 heterocycles. The van der Waals surface area contributed by atoms with Crippen LogP contribution in [0, 0.1) is 18.3 Å². The molecule has 5 nitrogen and oxygen atoms in total. The van der Waals surface area contributed by atoms with Crippen molar-refractivity contribution in [2.75, 3.05) is 6.61 Å². The summed E-state index contributed by atoms with van der Waals surface area (Å²) in [7, 11) is 0. The number of hydrogen-bond donors (Lipinski definition) is 0. The first kappa shape index (κ1) is 18.2. The number of nitrogens with zero attached hydrogens (tertiary/aromatic N) is 3. The molecular formula is C22H19N3O2. The zero-order valence-electron chi connectivity index (χ0n) is 15.2. The van der Waals surface area contributed by atoms with E-state index in [0.717, 1.165) is 16.8 Å². The maximum absolute atomic E-state index is 12.0. The standard InChI is InChI=1S/C22H19N3O2/c1-3-27-22(26)18(14-23)13-19-15-25(20-7-5-4-6-8-20)24-21(19)17-11-9-16(2)10-12-17/h4-13,15H,3H2,1-2H3. The quantitative estimate of drug-likeness (QED) is 0.387. The highest BCUT2D eigenvalue weighted by Gasteiger charge is 2.15. The van der Waals surface area contributed by atoms with Gasteiger partial charge in [0, 0.05) is 17.3 Å². The minimum absolute atomic E-state index is 0.0576. The Morgan fingerprint density at radius 3 is 2.52 bits per heavy atom. The Balaban J connectivity index is 2.13. The minimum Gasteiger partial charge on any atom is -0.462 e. The zero-order valence-corrected chi connectivity index (χ0v) is 15.2. The van der Waals surface area contributed by atoms with Crippen LogP contribution in [0.3, 0.4) is 0 Å². The highest BCUT2D eigenvalue weighted by molar-refractivity contribution is 5.98. The second-order valence-electron chi connectivity index (χ2n) is 5.97. The molecule has 3 rings (SSSR count). The van der Waals surface area contributed by atoms with E-state index in [4.69, 9.17) is 4.74 Å². The van der Waals surface area contributed by atoms with E-state index in [9.17, 15) is 10.1 Å². The van der Waals surface area contributed by atoms with Crippen molar-refractivity contribution in [2.45, 2.75) is 13.8 Å². The van der Waals surface area contributed by atoms with E-state index in [1.54, 1.807) is 17.8 Å². The van der Waals surface area contributed by atoms with Gasteiger partial charge in [0.15, 0.2) is 0 Å². The Morgan fingerprint density at radius 2 is 1.89 bits per heavy atom. The summed E-state index contributed by atoms with van der Waals surface area (Å²) in [5, 5.41) is 14.0. The molecule has 0 aliphatic rings. The Kier molecular flexibility index (Phi) is 5.48. The molecule has 0 aliphatic carbocycles. The summed E-state index contributed by atoms with van der Waals surface area (Å²) in [5.41, 5.74) is 4.24. The largest absolute Gasteiger partial charge is 0.462 e. The van der Waals surface area contributed by atoms with Crippen molar-refractivity contribution in [3.05, 3.63) is 77.5 Å². The van der Waals surface area contributed by atoms with Gasteiger partial charge >= 0.3 is 5.97 Å². The van der Waals surface area contributed by atoms with Crippen molar-refractivity contribution in [3.8, 4) is 23.0 Å². The van der Waals surface area contributed by atoms with Crippen LogP contribution in [0.25, 0.3) is 23.0 Å². The van der Waals surface area contributed by atoms with Crippen molar-refractivity contribution < 1.29 is 9.53 Å². The van der Waals surface area contributed by atoms with Crippen LogP contribution < -0.4 is 0 Å². The number of hydrogen-bond acceptors (Lipinski definition) is 4. The first-order valence-electron chi connectivity index (χ1n) is 8.63. The third kappa shape index (κ3) is 4.13. The normalized spacial score (nSPS) is 11.1. The van der Waals surface area contributed by atoms with Gasteiger partial charge in [0.1, 0.15) is 11.6 Å². The molecule has 0 saturated carbocycles. The van der Waals surface area contributed by atoms with Crippen LogP contribution in [-0.2, 0) is 9.53 Å². The molecule has 0 unspecified atom stereocenters. The number of nitriles is 1. The van der Waals surface area contributed by atoms with Crippen molar-refractivity contribution in [3.63, 3.8) is 0 Å². The molecule has 0 aliphatic heterocycles. The molecule has 27 heavy (non-hydrogen) atoms. The third-order valence-corrected chi connectivity index (χ3v) is 4.00. The summed E-state index contributed by atoms with van der Waals surface area (Å²) in [4.78, 5) is 12.0. The van der Waals surface area contributed by atoms with E-state index in [1.807, 2.05) is 67.6 Å². The van der Waals surface area contributed by atoms with Gasteiger partial charge in [0.25, 0.3) is 0 Å². The number of carbonyl (C=O) groups excluding carboxylic acids is 1. The molecule has 0 saturated heterocycles. The van der Waals surface area contributed by atoms with Gasteiger partial charge in [-0.05, 0) is 32.1 Å². The monoisotopic (exact) mass is 357 g/mol. The van der Waals surface area contributed by atoms with Gasteiger partial charge in [0.05, 0.1) is 18.0 Å². The summed E-state index contributed by atoms with van der Waals surface area (Å²) in [6.45, 7) is 3.94. The van der Waals surface area contributed by atoms with E-state index >= 15 is 0 Å². The number of aryl methyl sites for hydroxylation is 1. The average molecular weight is 357 g/mol. The molecule has 2 aromatic carbocycles. The fourth-order valence-electron chi connectivity index (χ4n) is 2.64. The average Bonchev–Trinajstić information content (AvgIpc) is 3.11. The van der Waals surface area contributed by atoms with Crippen LogP contribution in [0.1, 0.15) is 18.1 Å². The maximum atomic E-state index is 12.0. The van der Waals surface area contributed by atoms with Crippen LogP contribution in [0.5, 0.6) is 0 Å². The first-order valence-corrected chi connectivity index (χ1v) is 8.63. The number of para-hydroxylation sites is 1. The fraction of sp³-hybridized carbons (Fsp3) is 0.136. The summed E-state index contributed by atoms with van der Waals surface area (Å²) >= 11 is 0. The lowest BCUT2D eigenvalue weighted by Gasteiger charge is -2.02. The molecule has 0 fully saturated rings. The number of rotatable bonds is 5. The summed E-state index contributed by atoms with van der Waals surface area (Å²) in [6, 6.07) is 19.5. The van der Waals surface area contributed by atoms with Crippen LogP contribution in [0.15, 0.2) is 66.4 Å². The van der Waals surface area contributed by atoms with E-state index in [0.29, 0.717) is 11.3 Å². The molecular weight excluding hydrogens is 338 g/mol. The second-order valence-corrected chi connectivity index (χ2v) is 5.97. The Hall–Kier alpha value is -3.65. The van der Waals surface area contributed by atoms with E-state index in [-0.39, 0.29) is 12.2 Å². The number of carbonyl (C=O) groups is 1. The molecule has 1 aromatic heterocycles. The number of esters is 1. The fourth-order valence-corrected chi connectivity index (χ4v) is 2.64. The first-order chi connectivity index (χ1) is 13.1. The topological polar surface area (TPSA) is 67.9 Å². The Labute approximate surface area is 158 Å². The molecule has 0 N–H and O–H groups in total. The van der Waals surface area contributed by atoms with E-state index < -0.39 is 5.97 Å². The lowest BCUT2D eigenvalue weighted by molar-refractivity contribution is -0.137. The molecule has 0 atom stereocenters. The Morgan fingerprint density at radius 1 is 1.19 bits per heavy atom. The van der Waals surface area contributed by atoms with Gasteiger partial charge in [-0.3, -0.25) is 0 Å². The number of ether oxygens (including phenoxy) is 1. The van der Waals surface area contributed by atoms with Gasteiger partial charge in [-0.15, -0.1) is 0 Å². The lowest BCUT2D eigenvalue weighted by Crippen LogP contribution is -2.06. The minimum atomic E-state index is -0.637. The maximum Gasteiger partial charge on any atom is 0.348 e. The predicted molar refractivity (Wildman–Crippen MR) is 104 cm³/mol. The van der Waals surface area contributed by atoms with Gasteiger partial charge < -0.3 is 4.74 Å². The van der Waals surface area contributed by atoms with Gasteiger partial charge in [-0.2, -0.15) is 10.4 Å². The molecule has 3 aromatic rings. The summed E-state index contributed by atoms with van der Waals surface area (Å²) in [6.07, 6.45) is 3.33. The van der Waals surface area contributed by atoms with Crippen molar-refractivity contribution in [1.29, 1.82) is 5.26 Å². The zero-order chi connectivity index (χ0) is 19.2. The van der Waals surface area contributed by atoms with Gasteiger partial charge in [0.2, 0.25) is 0 Å². The highest BCUT2D eigenvalue weighted by Crippen LogP contribution is 2.26. The molecule has 0 spiro atoms. The van der Waals surface area contributed by atoms with Crippen molar-refractivity contribution in [2.24, 2.45) is 0 Å². The second kappa shape index (κ2) is 8.15. The van der Waals surface area contributed by atoms with Crippen LogP contribution in [0.2, 0.25) is 0 Å². The number of benzene rings is 2. The van der Waals surface area contributed by atoms with Gasteiger partial charge in [-0.25, -0.2) is 9.48 Å². The Bertz CT molecular complexity index is 1010. The molecule has 0 amide bonds. The molecule has 0 radical (unpaired) electrons. The molecule has 0 bridgehead atoms. The highest BCUT2D eigenvalue weighted by atomic mass is 16.5. The lowest BCUT2D eigenvalue weighted by atomic mass is 10.0. The summed E-state index contributed by atoms with van der Waals surface area (Å²) in [5.74, 6) is -0.637. The van der Waals surface area contributed by atoms with Crippen LogP contribution in [0.4, 0.5) is 0 Å². The third-order valence-electron chi connectivity index (χ3n) is 4.00. The predicted octanol–water partition coefficient (Wildman–Crippen LogP) is 4.32. The van der Waals surface area contributed by atoms with Gasteiger partial charge in [-0.1, -0.05) is 48.0 Å². The van der Waals surface area contributed by atoms with E-state index in [1.165, 1.54) is 6.08 Å². The molecule has 5 heteroatoms. The van der Waals surface area contributed by atoms with Crippen LogP contribution >= 0.6 is 0 Å². The van der Waals surface area contributed by atoms with Crippen LogP contribution in [-0.4, -0.2) is 22.4 Å².